The molecule has 0 rings (SSSR count). The third-order valence-electron chi connectivity index (χ3n) is 4.01. The van der Waals surface area contributed by atoms with Gasteiger partial charge >= 0.3 is 0 Å². The minimum Gasteiger partial charge on any atom is -0.400 e. The second kappa shape index (κ2) is 29.9. The van der Waals surface area contributed by atoms with E-state index in [1.165, 1.54) is 96.3 Å². The fraction of sp³-hybridized carbons (Fsp3) is 1.00. The molecule has 0 aromatic rings. The Hall–Kier alpha value is -0.0800. The van der Waals surface area contributed by atoms with Gasteiger partial charge in [-0.25, -0.2) is 0 Å². The van der Waals surface area contributed by atoms with Crippen LogP contribution in [0.3, 0.4) is 0 Å². The summed E-state index contributed by atoms with van der Waals surface area (Å²) >= 11 is 0. The van der Waals surface area contributed by atoms with Crippen LogP contribution in [0.25, 0.3) is 0 Å². The maximum atomic E-state index is 7.00. The molecule has 0 aromatic carbocycles. The maximum absolute atomic E-state index is 7.00. The zero-order valence-corrected chi connectivity index (χ0v) is 17.2. The van der Waals surface area contributed by atoms with Gasteiger partial charge in [0, 0.05) is 13.2 Å². The molecule has 1 atom stereocenters. The molecule has 2 nitrogen and oxygen atoms in total. The van der Waals surface area contributed by atoms with E-state index in [2.05, 4.69) is 13.8 Å². The highest BCUT2D eigenvalue weighted by molar-refractivity contribution is 4.54. The highest BCUT2D eigenvalue weighted by atomic mass is 16.2. The molecule has 0 aliphatic heterocycles. The summed E-state index contributed by atoms with van der Waals surface area (Å²) in [6.07, 6.45) is 21.3. The Balaban J connectivity index is -0.000000919. The van der Waals surface area contributed by atoms with Crippen LogP contribution in [-0.4, -0.2) is 18.3 Å². The molecule has 0 radical (unpaired) electrons. The van der Waals surface area contributed by atoms with Crippen molar-refractivity contribution in [3.63, 3.8) is 0 Å². The highest BCUT2D eigenvalue weighted by Crippen LogP contribution is 2.13. The zero-order chi connectivity index (χ0) is 18.2. The van der Waals surface area contributed by atoms with Crippen LogP contribution in [0.4, 0.5) is 0 Å². The molecule has 0 aromatic heterocycles. The summed E-state index contributed by atoms with van der Waals surface area (Å²) in [6, 6.07) is 0.400. The third kappa shape index (κ3) is 34.3. The molecular formula is C21H49NO. The first kappa shape index (κ1) is 27.8. The van der Waals surface area contributed by atoms with E-state index in [1.54, 1.807) is 0 Å². The van der Waals surface area contributed by atoms with Crippen molar-refractivity contribution < 1.29 is 5.11 Å². The van der Waals surface area contributed by atoms with Crippen LogP contribution in [0.1, 0.15) is 124 Å². The molecule has 23 heavy (non-hydrogen) atoms. The standard InChI is InChI=1S/C18H39N.C2H6.CH4O/c1-3-4-5-6-7-8-9-10-11-12-13-14-15-16-17-18(2)19;2*1-2/h18H,3-17,19H2,1-2H3;1-2H3;2H,1H3. The van der Waals surface area contributed by atoms with E-state index in [-0.39, 0.29) is 0 Å². The molecule has 3 N–H and O–H groups in total. The molecule has 0 spiro atoms. The summed E-state index contributed by atoms with van der Waals surface area (Å²) in [4.78, 5) is 0. The molecule has 0 aliphatic carbocycles. The van der Waals surface area contributed by atoms with Gasteiger partial charge in [-0.15, -0.1) is 0 Å². The van der Waals surface area contributed by atoms with E-state index in [0.717, 1.165) is 7.11 Å². The summed E-state index contributed by atoms with van der Waals surface area (Å²) in [5.74, 6) is 0. The van der Waals surface area contributed by atoms with Gasteiger partial charge in [0.1, 0.15) is 0 Å². The van der Waals surface area contributed by atoms with Crippen molar-refractivity contribution in [2.75, 3.05) is 7.11 Å². The predicted octanol–water partition coefficient (Wildman–Crippen LogP) is 6.84. The average molecular weight is 332 g/mol. The number of unbranched alkanes of at least 4 members (excludes halogenated alkanes) is 13. The normalized spacial score (nSPS) is 11.1. The number of hydrogen-bond acceptors (Lipinski definition) is 2. The smallest absolute Gasteiger partial charge is 0.0319 e. The Labute approximate surface area is 148 Å². The fourth-order valence-corrected chi connectivity index (χ4v) is 2.66. The van der Waals surface area contributed by atoms with E-state index in [9.17, 15) is 0 Å². The number of aliphatic hydroxyl groups is 1. The lowest BCUT2D eigenvalue weighted by molar-refractivity contribution is 0.399. The topological polar surface area (TPSA) is 46.2 Å². The van der Waals surface area contributed by atoms with Crippen LogP contribution in [0.5, 0.6) is 0 Å². The fourth-order valence-electron chi connectivity index (χ4n) is 2.66. The Bertz CT molecular complexity index is 160. The van der Waals surface area contributed by atoms with Crippen LogP contribution in [0, 0.1) is 0 Å². The van der Waals surface area contributed by atoms with Crippen molar-refractivity contribution in [1.82, 2.24) is 0 Å². The van der Waals surface area contributed by atoms with Gasteiger partial charge in [0.25, 0.3) is 0 Å². The predicted molar refractivity (Wildman–Crippen MR) is 108 cm³/mol. The molecule has 0 amide bonds. The van der Waals surface area contributed by atoms with Gasteiger partial charge in [0.05, 0.1) is 0 Å². The lowest BCUT2D eigenvalue weighted by atomic mass is 10.0. The minimum absolute atomic E-state index is 0.400. The van der Waals surface area contributed by atoms with Gasteiger partial charge in [0.2, 0.25) is 0 Å². The Morgan fingerprint density at radius 1 is 0.609 bits per heavy atom. The molecule has 144 valence electrons. The van der Waals surface area contributed by atoms with Crippen molar-refractivity contribution >= 4 is 0 Å². The molecule has 0 saturated carbocycles. The van der Waals surface area contributed by atoms with E-state index in [0.29, 0.717) is 6.04 Å². The summed E-state index contributed by atoms with van der Waals surface area (Å²) in [5, 5.41) is 7.00. The van der Waals surface area contributed by atoms with Crippen molar-refractivity contribution in [1.29, 1.82) is 0 Å². The lowest BCUT2D eigenvalue weighted by Gasteiger charge is -2.05. The van der Waals surface area contributed by atoms with Gasteiger partial charge in [-0.3, -0.25) is 0 Å². The third-order valence-corrected chi connectivity index (χ3v) is 4.01. The van der Waals surface area contributed by atoms with Crippen LogP contribution in [0.15, 0.2) is 0 Å². The minimum atomic E-state index is 0.400. The highest BCUT2D eigenvalue weighted by Gasteiger charge is 1.95. The molecule has 0 saturated heterocycles. The van der Waals surface area contributed by atoms with Gasteiger partial charge in [-0.05, 0) is 13.3 Å². The Morgan fingerprint density at radius 2 is 0.870 bits per heavy atom. The first-order chi connectivity index (χ1) is 11.3. The molecule has 1 unspecified atom stereocenters. The maximum Gasteiger partial charge on any atom is 0.0319 e. The first-order valence-corrected chi connectivity index (χ1v) is 10.5. The number of aliphatic hydroxyl groups excluding tert-OH is 1. The van der Waals surface area contributed by atoms with E-state index < -0.39 is 0 Å². The number of rotatable bonds is 15. The zero-order valence-electron chi connectivity index (χ0n) is 17.2. The van der Waals surface area contributed by atoms with Crippen LogP contribution in [-0.2, 0) is 0 Å². The number of hydrogen-bond donors (Lipinski definition) is 2. The Kier molecular flexibility index (Phi) is 36.0. The van der Waals surface area contributed by atoms with E-state index >= 15 is 0 Å². The molecule has 0 bridgehead atoms. The summed E-state index contributed by atoms with van der Waals surface area (Å²) in [6.45, 7) is 8.40. The number of nitrogens with two attached hydrogens (primary N) is 1. The molecule has 0 fully saturated rings. The molecular weight excluding hydrogens is 282 g/mol. The quantitative estimate of drug-likeness (QED) is 0.323. The molecule has 0 heterocycles. The average Bonchev–Trinajstić information content (AvgIpc) is 2.58. The first-order valence-electron chi connectivity index (χ1n) is 10.5. The monoisotopic (exact) mass is 331 g/mol. The van der Waals surface area contributed by atoms with Crippen LogP contribution >= 0.6 is 0 Å². The van der Waals surface area contributed by atoms with Crippen molar-refractivity contribution in [3.05, 3.63) is 0 Å². The van der Waals surface area contributed by atoms with Crippen LogP contribution in [0.2, 0.25) is 0 Å². The Morgan fingerprint density at radius 3 is 1.13 bits per heavy atom. The van der Waals surface area contributed by atoms with E-state index in [4.69, 9.17) is 10.8 Å². The second-order valence-corrected chi connectivity index (χ2v) is 6.36. The van der Waals surface area contributed by atoms with Crippen molar-refractivity contribution in [3.8, 4) is 0 Å². The summed E-state index contributed by atoms with van der Waals surface area (Å²) in [7, 11) is 1.00. The van der Waals surface area contributed by atoms with Crippen LogP contribution < -0.4 is 5.73 Å². The SMILES string of the molecule is CC.CCCCCCCCCCCCCCCCC(C)N.CO. The van der Waals surface area contributed by atoms with Gasteiger partial charge < -0.3 is 10.8 Å². The van der Waals surface area contributed by atoms with Crippen molar-refractivity contribution in [2.45, 2.75) is 130 Å². The molecule has 0 aliphatic rings. The van der Waals surface area contributed by atoms with Gasteiger partial charge in [-0.1, -0.05) is 111 Å². The largest absolute Gasteiger partial charge is 0.400 e. The van der Waals surface area contributed by atoms with Gasteiger partial charge in [-0.2, -0.15) is 0 Å². The van der Waals surface area contributed by atoms with E-state index in [1.807, 2.05) is 13.8 Å². The lowest BCUT2D eigenvalue weighted by Crippen LogP contribution is -2.13. The van der Waals surface area contributed by atoms with Crippen molar-refractivity contribution in [2.24, 2.45) is 5.73 Å². The second-order valence-electron chi connectivity index (χ2n) is 6.36. The summed E-state index contributed by atoms with van der Waals surface area (Å²) < 4.78 is 0. The molecule has 2 heteroatoms. The van der Waals surface area contributed by atoms with Gasteiger partial charge in [0.15, 0.2) is 0 Å². The summed E-state index contributed by atoms with van der Waals surface area (Å²) in [5.41, 5.74) is 5.74.